The first-order valence-corrected chi connectivity index (χ1v) is 6.87. The zero-order valence-electron chi connectivity index (χ0n) is 11.0. The van der Waals surface area contributed by atoms with E-state index in [1.54, 1.807) is 0 Å². The van der Waals surface area contributed by atoms with Crippen molar-refractivity contribution >= 4 is 11.0 Å². The van der Waals surface area contributed by atoms with Crippen LogP contribution in [0.3, 0.4) is 0 Å². The van der Waals surface area contributed by atoms with E-state index in [1.807, 2.05) is 30.5 Å². The van der Waals surface area contributed by atoms with Gasteiger partial charge < -0.3 is 0 Å². The third kappa shape index (κ3) is 1.81. The summed E-state index contributed by atoms with van der Waals surface area (Å²) in [6.07, 6.45) is 17.1. The summed E-state index contributed by atoms with van der Waals surface area (Å²) in [5, 5.41) is 0. The van der Waals surface area contributed by atoms with E-state index in [2.05, 4.69) is 47.5 Å². The quantitative estimate of drug-likeness (QED) is 0.774. The van der Waals surface area contributed by atoms with Crippen molar-refractivity contribution < 1.29 is 0 Å². The van der Waals surface area contributed by atoms with Crippen molar-refractivity contribution in [3.05, 3.63) is 84.3 Å². The minimum atomic E-state index is 0.272. The maximum absolute atomic E-state index is 4.79. The smallest absolute Gasteiger partial charge is 0.0890 e. The van der Waals surface area contributed by atoms with Crippen LogP contribution < -0.4 is 0 Å². The van der Waals surface area contributed by atoms with Gasteiger partial charge in [0, 0.05) is 18.0 Å². The highest BCUT2D eigenvalue weighted by atomic mass is 14.8. The minimum Gasteiger partial charge on any atom is -0.253 e. The molecule has 2 heteroatoms. The van der Waals surface area contributed by atoms with E-state index in [0.717, 1.165) is 16.7 Å². The molecule has 0 spiro atoms. The van der Waals surface area contributed by atoms with Crippen LogP contribution in [0.5, 0.6) is 0 Å². The first kappa shape index (κ1) is 11.4. The van der Waals surface area contributed by atoms with Crippen LogP contribution in [0.1, 0.15) is 11.6 Å². The topological polar surface area (TPSA) is 25.8 Å². The molecular formula is C18H14N2. The van der Waals surface area contributed by atoms with Crippen molar-refractivity contribution in [2.24, 2.45) is 5.92 Å². The Balaban J connectivity index is 1.79. The predicted molar refractivity (Wildman–Crippen MR) is 81.3 cm³/mol. The Kier molecular flexibility index (Phi) is 2.59. The first-order valence-electron chi connectivity index (χ1n) is 6.87. The third-order valence-corrected chi connectivity index (χ3v) is 3.91. The van der Waals surface area contributed by atoms with Crippen LogP contribution in [0.25, 0.3) is 11.0 Å². The molecule has 0 amide bonds. The van der Waals surface area contributed by atoms with Gasteiger partial charge in [0.25, 0.3) is 0 Å². The van der Waals surface area contributed by atoms with Crippen LogP contribution in [-0.2, 0) is 0 Å². The first-order chi connectivity index (χ1) is 9.92. The SMILES string of the molecule is C1=CC2=CC=CC(c3cnc4ccccc4n3)C2C=C1. The Morgan fingerprint density at radius 1 is 0.850 bits per heavy atom. The summed E-state index contributed by atoms with van der Waals surface area (Å²) in [4.78, 5) is 9.33. The Morgan fingerprint density at radius 2 is 1.70 bits per heavy atom. The van der Waals surface area contributed by atoms with Gasteiger partial charge >= 0.3 is 0 Å². The number of benzene rings is 1. The van der Waals surface area contributed by atoms with Crippen LogP contribution in [0, 0.1) is 5.92 Å². The Hall–Kier alpha value is -2.48. The van der Waals surface area contributed by atoms with Crippen molar-refractivity contribution in [1.82, 2.24) is 9.97 Å². The number of hydrogen-bond donors (Lipinski definition) is 0. The van der Waals surface area contributed by atoms with E-state index >= 15 is 0 Å². The van der Waals surface area contributed by atoms with Crippen LogP contribution in [0.15, 0.2) is 78.6 Å². The number of fused-ring (bicyclic) bond motifs is 2. The number of rotatable bonds is 1. The molecule has 96 valence electrons. The third-order valence-electron chi connectivity index (χ3n) is 3.91. The molecule has 0 N–H and O–H groups in total. The molecule has 1 heterocycles. The van der Waals surface area contributed by atoms with E-state index in [0.29, 0.717) is 5.92 Å². The van der Waals surface area contributed by atoms with Crippen molar-refractivity contribution in [3.63, 3.8) is 0 Å². The molecule has 0 fully saturated rings. The molecule has 2 aliphatic rings. The van der Waals surface area contributed by atoms with Gasteiger partial charge in [0.15, 0.2) is 0 Å². The van der Waals surface area contributed by atoms with Crippen LogP contribution in [-0.4, -0.2) is 9.97 Å². The Morgan fingerprint density at radius 3 is 2.65 bits per heavy atom. The number of allylic oxidation sites excluding steroid dienone is 8. The molecule has 1 aromatic heterocycles. The van der Waals surface area contributed by atoms with E-state index in [-0.39, 0.29) is 5.92 Å². The van der Waals surface area contributed by atoms with Crippen molar-refractivity contribution in [3.8, 4) is 0 Å². The summed E-state index contributed by atoms with van der Waals surface area (Å²) in [6, 6.07) is 8.02. The fraction of sp³-hybridized carbons (Fsp3) is 0.111. The van der Waals surface area contributed by atoms with E-state index < -0.39 is 0 Å². The highest BCUT2D eigenvalue weighted by molar-refractivity contribution is 5.73. The predicted octanol–water partition coefficient (Wildman–Crippen LogP) is 3.95. The molecule has 20 heavy (non-hydrogen) atoms. The summed E-state index contributed by atoms with van der Waals surface area (Å²) in [5.74, 6) is 0.647. The molecule has 0 aliphatic heterocycles. The molecule has 0 saturated heterocycles. The van der Waals surface area contributed by atoms with Gasteiger partial charge in [-0.15, -0.1) is 0 Å². The maximum atomic E-state index is 4.79. The monoisotopic (exact) mass is 258 g/mol. The largest absolute Gasteiger partial charge is 0.253 e. The van der Waals surface area contributed by atoms with Gasteiger partial charge in [-0.05, 0) is 17.7 Å². The molecule has 1 aromatic carbocycles. The van der Waals surface area contributed by atoms with Gasteiger partial charge in [-0.25, -0.2) is 4.98 Å². The van der Waals surface area contributed by atoms with Crippen LogP contribution in [0.2, 0.25) is 0 Å². The lowest BCUT2D eigenvalue weighted by Gasteiger charge is -2.26. The number of hydrogen-bond acceptors (Lipinski definition) is 2. The fourth-order valence-corrected chi connectivity index (χ4v) is 2.89. The molecule has 4 rings (SSSR count). The van der Waals surface area contributed by atoms with E-state index in [1.165, 1.54) is 5.57 Å². The van der Waals surface area contributed by atoms with Gasteiger partial charge in [-0.3, -0.25) is 4.98 Å². The van der Waals surface area contributed by atoms with Gasteiger partial charge in [0.05, 0.1) is 16.7 Å². The lowest BCUT2D eigenvalue weighted by molar-refractivity contribution is 0.652. The van der Waals surface area contributed by atoms with Gasteiger partial charge in [0.2, 0.25) is 0 Å². The second kappa shape index (κ2) is 4.57. The second-order valence-corrected chi connectivity index (χ2v) is 5.13. The molecule has 0 saturated carbocycles. The highest BCUT2D eigenvalue weighted by Gasteiger charge is 2.25. The summed E-state index contributed by atoms with van der Waals surface area (Å²) in [7, 11) is 0. The number of nitrogens with zero attached hydrogens (tertiary/aromatic N) is 2. The van der Waals surface area contributed by atoms with Gasteiger partial charge in [-0.1, -0.05) is 54.7 Å². The van der Waals surface area contributed by atoms with E-state index in [4.69, 9.17) is 4.98 Å². The summed E-state index contributed by atoms with van der Waals surface area (Å²) >= 11 is 0. The molecular weight excluding hydrogens is 244 g/mol. The molecule has 0 bridgehead atoms. The molecule has 2 atom stereocenters. The summed E-state index contributed by atoms with van der Waals surface area (Å²) < 4.78 is 0. The average molecular weight is 258 g/mol. The molecule has 2 aliphatic carbocycles. The number of aromatic nitrogens is 2. The van der Waals surface area contributed by atoms with Crippen LogP contribution in [0.4, 0.5) is 0 Å². The zero-order valence-corrected chi connectivity index (χ0v) is 11.0. The Labute approximate surface area is 117 Å². The second-order valence-electron chi connectivity index (χ2n) is 5.13. The van der Waals surface area contributed by atoms with Crippen molar-refractivity contribution in [2.45, 2.75) is 5.92 Å². The summed E-state index contributed by atoms with van der Waals surface area (Å²) in [6.45, 7) is 0. The van der Waals surface area contributed by atoms with E-state index in [9.17, 15) is 0 Å². The highest BCUT2D eigenvalue weighted by Crippen LogP contribution is 2.36. The molecule has 2 unspecified atom stereocenters. The maximum Gasteiger partial charge on any atom is 0.0890 e. The lowest BCUT2D eigenvalue weighted by Crippen LogP contribution is -2.16. The normalized spacial score (nSPS) is 23.7. The zero-order chi connectivity index (χ0) is 13.4. The van der Waals surface area contributed by atoms with Crippen molar-refractivity contribution in [1.29, 1.82) is 0 Å². The van der Waals surface area contributed by atoms with Gasteiger partial charge in [0.1, 0.15) is 0 Å². The fourth-order valence-electron chi connectivity index (χ4n) is 2.89. The average Bonchev–Trinajstić information content (AvgIpc) is 2.54. The Bertz CT molecular complexity index is 781. The standard InChI is InChI=1S/C18H14N2/c1-2-8-14-13(6-1)7-5-9-15(14)18-12-19-16-10-3-4-11-17(16)20-18/h1-12,14-15H. The minimum absolute atomic E-state index is 0.272. The molecule has 0 radical (unpaired) electrons. The van der Waals surface area contributed by atoms with Gasteiger partial charge in [-0.2, -0.15) is 0 Å². The van der Waals surface area contributed by atoms with Crippen molar-refractivity contribution in [2.75, 3.05) is 0 Å². The summed E-state index contributed by atoms with van der Waals surface area (Å²) in [5.41, 5.74) is 4.29. The van der Waals surface area contributed by atoms with Crippen LogP contribution >= 0.6 is 0 Å². The number of para-hydroxylation sites is 2. The molecule has 2 nitrogen and oxygen atoms in total. The molecule has 2 aromatic rings. The lowest BCUT2D eigenvalue weighted by atomic mass is 9.78.